The molecule has 1 unspecified atom stereocenters. The van der Waals surface area contributed by atoms with Crippen LogP contribution in [0.25, 0.3) is 0 Å². The summed E-state index contributed by atoms with van der Waals surface area (Å²) >= 11 is 0. The van der Waals surface area contributed by atoms with Crippen LogP contribution in [0.15, 0.2) is 24.3 Å². The molecular formula is C13H18FN3O. The summed E-state index contributed by atoms with van der Waals surface area (Å²) in [6.07, 6.45) is 0.916. The highest BCUT2D eigenvalue weighted by Crippen LogP contribution is 2.20. The van der Waals surface area contributed by atoms with Crippen molar-refractivity contribution in [2.75, 3.05) is 26.7 Å². The molecule has 0 spiro atoms. The van der Waals surface area contributed by atoms with E-state index in [1.807, 2.05) is 13.1 Å². The number of amides is 2. The van der Waals surface area contributed by atoms with E-state index in [4.69, 9.17) is 0 Å². The van der Waals surface area contributed by atoms with Crippen LogP contribution in [0, 0.1) is 5.82 Å². The van der Waals surface area contributed by atoms with Gasteiger partial charge in [-0.1, -0.05) is 12.1 Å². The second kappa shape index (κ2) is 5.82. The average molecular weight is 251 g/mol. The number of nitrogens with zero attached hydrogens (tertiary/aromatic N) is 1. The van der Waals surface area contributed by atoms with Gasteiger partial charge in [-0.2, -0.15) is 0 Å². The molecule has 5 heteroatoms. The van der Waals surface area contributed by atoms with E-state index in [1.165, 1.54) is 12.1 Å². The fraction of sp³-hybridized carbons (Fsp3) is 0.462. The summed E-state index contributed by atoms with van der Waals surface area (Å²) in [6.45, 7) is 2.21. The van der Waals surface area contributed by atoms with Crippen LogP contribution in [0.2, 0.25) is 0 Å². The number of halogens is 1. The lowest BCUT2D eigenvalue weighted by Crippen LogP contribution is -2.30. The van der Waals surface area contributed by atoms with Crippen molar-refractivity contribution in [3.8, 4) is 0 Å². The molecule has 0 saturated carbocycles. The molecule has 2 N–H and O–H groups in total. The van der Waals surface area contributed by atoms with E-state index in [1.54, 1.807) is 11.0 Å². The van der Waals surface area contributed by atoms with Crippen molar-refractivity contribution in [3.05, 3.63) is 35.6 Å². The van der Waals surface area contributed by atoms with Crippen LogP contribution in [-0.2, 0) is 0 Å². The number of hydrogen-bond acceptors (Lipinski definition) is 2. The van der Waals surface area contributed by atoms with Gasteiger partial charge in [-0.25, -0.2) is 9.18 Å². The third-order valence-electron chi connectivity index (χ3n) is 3.09. The van der Waals surface area contributed by atoms with E-state index in [2.05, 4.69) is 10.6 Å². The Kier molecular flexibility index (Phi) is 4.15. The first-order valence-electron chi connectivity index (χ1n) is 6.16. The van der Waals surface area contributed by atoms with Crippen LogP contribution in [-0.4, -0.2) is 37.6 Å². The summed E-state index contributed by atoms with van der Waals surface area (Å²) in [5, 5.41) is 5.92. The van der Waals surface area contributed by atoms with E-state index in [-0.39, 0.29) is 17.9 Å². The first-order valence-corrected chi connectivity index (χ1v) is 6.16. The zero-order valence-corrected chi connectivity index (χ0v) is 10.4. The summed E-state index contributed by atoms with van der Waals surface area (Å²) in [5.74, 6) is -0.268. The van der Waals surface area contributed by atoms with E-state index in [9.17, 15) is 9.18 Å². The van der Waals surface area contributed by atoms with Gasteiger partial charge in [-0.15, -0.1) is 0 Å². The van der Waals surface area contributed by atoms with Crippen molar-refractivity contribution >= 4 is 6.03 Å². The quantitative estimate of drug-likeness (QED) is 0.779. The van der Waals surface area contributed by atoms with Crippen molar-refractivity contribution in [2.24, 2.45) is 0 Å². The van der Waals surface area contributed by atoms with Gasteiger partial charge < -0.3 is 15.5 Å². The minimum Gasteiger partial charge on any atom is -0.329 e. The van der Waals surface area contributed by atoms with Gasteiger partial charge in [0.05, 0.1) is 6.04 Å². The Hall–Kier alpha value is -1.62. The summed E-state index contributed by atoms with van der Waals surface area (Å²) in [6, 6.07) is 6.21. The van der Waals surface area contributed by atoms with Gasteiger partial charge in [0.1, 0.15) is 5.82 Å². The maximum absolute atomic E-state index is 13.1. The molecule has 2 amide bonds. The number of carbonyl (C=O) groups is 1. The summed E-state index contributed by atoms with van der Waals surface area (Å²) < 4.78 is 13.1. The van der Waals surface area contributed by atoms with Gasteiger partial charge in [0.2, 0.25) is 0 Å². The molecule has 1 aliphatic heterocycles. The SMILES string of the molecule is CNCCCN1CC(c2cccc(F)c2)NC1=O. The largest absolute Gasteiger partial charge is 0.329 e. The lowest BCUT2D eigenvalue weighted by molar-refractivity contribution is 0.217. The second-order valence-electron chi connectivity index (χ2n) is 4.46. The number of carbonyl (C=O) groups excluding carboxylic acids is 1. The van der Waals surface area contributed by atoms with Crippen LogP contribution in [0.1, 0.15) is 18.0 Å². The highest BCUT2D eigenvalue weighted by atomic mass is 19.1. The third kappa shape index (κ3) is 2.98. The Morgan fingerprint density at radius 3 is 3.11 bits per heavy atom. The standard InChI is InChI=1S/C13H18FN3O/c1-15-6-3-7-17-9-12(16-13(17)18)10-4-2-5-11(14)8-10/h2,4-5,8,12,15H,3,6-7,9H2,1H3,(H,16,18). The summed E-state index contributed by atoms with van der Waals surface area (Å²) in [4.78, 5) is 13.5. The number of nitrogens with one attached hydrogen (secondary N) is 2. The Balaban J connectivity index is 1.95. The number of urea groups is 1. The molecule has 1 fully saturated rings. The molecule has 1 atom stereocenters. The van der Waals surface area contributed by atoms with Crippen LogP contribution >= 0.6 is 0 Å². The Bertz CT molecular complexity index is 424. The van der Waals surface area contributed by atoms with Crippen LogP contribution in [0.3, 0.4) is 0 Å². The lowest BCUT2D eigenvalue weighted by atomic mass is 10.1. The molecule has 1 aromatic carbocycles. The summed E-state index contributed by atoms with van der Waals surface area (Å²) in [5.41, 5.74) is 0.819. The van der Waals surface area contributed by atoms with E-state index in [0.29, 0.717) is 6.54 Å². The van der Waals surface area contributed by atoms with Crippen molar-refractivity contribution in [2.45, 2.75) is 12.5 Å². The Labute approximate surface area is 106 Å². The summed E-state index contributed by atoms with van der Waals surface area (Å²) in [7, 11) is 1.89. The highest BCUT2D eigenvalue weighted by molar-refractivity contribution is 5.77. The lowest BCUT2D eigenvalue weighted by Gasteiger charge is -2.14. The molecule has 1 saturated heterocycles. The van der Waals surface area contributed by atoms with Gasteiger partial charge >= 0.3 is 6.03 Å². The average Bonchev–Trinajstić information content (AvgIpc) is 2.72. The molecule has 4 nitrogen and oxygen atoms in total. The molecule has 1 aliphatic rings. The molecule has 98 valence electrons. The molecule has 1 aromatic rings. The molecule has 1 heterocycles. The third-order valence-corrected chi connectivity index (χ3v) is 3.09. The molecule has 2 rings (SSSR count). The van der Waals surface area contributed by atoms with Crippen LogP contribution < -0.4 is 10.6 Å². The van der Waals surface area contributed by atoms with Gasteiger partial charge in [0.25, 0.3) is 0 Å². The second-order valence-corrected chi connectivity index (χ2v) is 4.46. The number of hydrogen-bond donors (Lipinski definition) is 2. The first-order chi connectivity index (χ1) is 8.70. The minimum absolute atomic E-state index is 0.0691. The van der Waals surface area contributed by atoms with Gasteiger partial charge in [-0.05, 0) is 37.7 Å². The minimum atomic E-state index is -0.268. The topological polar surface area (TPSA) is 44.4 Å². The van der Waals surface area contributed by atoms with E-state index < -0.39 is 0 Å². The first kappa shape index (κ1) is 12.8. The zero-order valence-electron chi connectivity index (χ0n) is 10.4. The van der Waals surface area contributed by atoms with Gasteiger partial charge in [-0.3, -0.25) is 0 Å². The maximum atomic E-state index is 13.1. The Morgan fingerprint density at radius 1 is 1.56 bits per heavy atom. The van der Waals surface area contributed by atoms with Crippen molar-refractivity contribution in [1.29, 1.82) is 0 Å². The molecule has 0 bridgehead atoms. The Morgan fingerprint density at radius 2 is 2.39 bits per heavy atom. The fourth-order valence-electron chi connectivity index (χ4n) is 2.14. The van der Waals surface area contributed by atoms with E-state index >= 15 is 0 Å². The normalized spacial score (nSPS) is 19.1. The molecular weight excluding hydrogens is 233 g/mol. The smallest absolute Gasteiger partial charge is 0.318 e. The van der Waals surface area contributed by atoms with Crippen molar-refractivity contribution < 1.29 is 9.18 Å². The van der Waals surface area contributed by atoms with Crippen LogP contribution in [0.4, 0.5) is 9.18 Å². The molecule has 0 radical (unpaired) electrons. The molecule has 18 heavy (non-hydrogen) atoms. The zero-order chi connectivity index (χ0) is 13.0. The number of rotatable bonds is 5. The fourth-order valence-corrected chi connectivity index (χ4v) is 2.14. The van der Waals surface area contributed by atoms with Crippen molar-refractivity contribution in [1.82, 2.24) is 15.5 Å². The van der Waals surface area contributed by atoms with Crippen molar-refractivity contribution in [3.63, 3.8) is 0 Å². The van der Waals surface area contributed by atoms with Crippen LogP contribution in [0.5, 0.6) is 0 Å². The van der Waals surface area contributed by atoms with E-state index in [0.717, 1.165) is 25.1 Å². The predicted octanol–water partition coefficient (Wildman–Crippen LogP) is 1.50. The molecule has 0 aromatic heterocycles. The monoisotopic (exact) mass is 251 g/mol. The maximum Gasteiger partial charge on any atom is 0.318 e. The van der Waals surface area contributed by atoms with Gasteiger partial charge in [0, 0.05) is 13.1 Å². The highest BCUT2D eigenvalue weighted by Gasteiger charge is 2.29. The van der Waals surface area contributed by atoms with Gasteiger partial charge in [0.15, 0.2) is 0 Å². The number of benzene rings is 1. The predicted molar refractivity (Wildman–Crippen MR) is 67.8 cm³/mol. The molecule has 0 aliphatic carbocycles.